The number of carbonyl (C=O) groups is 1. The van der Waals surface area contributed by atoms with Gasteiger partial charge in [0, 0.05) is 33.3 Å². The molecular weight excluding hydrogens is 206 g/mol. The number of nitrogens with zero attached hydrogens (tertiary/aromatic N) is 2. The van der Waals surface area contributed by atoms with Crippen LogP contribution in [0.25, 0.3) is 0 Å². The quantitative estimate of drug-likeness (QED) is 0.607. The highest BCUT2D eigenvalue weighted by atomic mass is 16.5. The molecule has 0 aliphatic carbocycles. The van der Waals surface area contributed by atoms with Gasteiger partial charge in [0.1, 0.15) is 6.04 Å². The lowest BCUT2D eigenvalue weighted by atomic mass is 10.2. The minimum Gasteiger partial charge on any atom is -0.383 e. The Hall–Kier alpha value is -1.09. The first-order valence-corrected chi connectivity index (χ1v) is 5.38. The molecule has 0 saturated carbocycles. The van der Waals surface area contributed by atoms with Crippen molar-refractivity contribution in [1.82, 2.24) is 9.80 Å². The van der Waals surface area contributed by atoms with Crippen molar-refractivity contribution >= 4 is 5.91 Å². The molecule has 1 amide bonds. The summed E-state index contributed by atoms with van der Waals surface area (Å²) in [4.78, 5) is 15.7. The molecule has 0 bridgehead atoms. The van der Waals surface area contributed by atoms with Crippen LogP contribution in [-0.2, 0) is 9.53 Å². The van der Waals surface area contributed by atoms with Gasteiger partial charge in [-0.2, -0.15) is 0 Å². The molecule has 1 rings (SSSR count). The predicted molar refractivity (Wildman–Crippen MR) is 61.7 cm³/mol. The van der Waals surface area contributed by atoms with E-state index in [1.54, 1.807) is 4.90 Å². The number of carbonyl (C=O) groups excluding carboxylic acids is 1. The molecule has 90 valence electrons. The lowest BCUT2D eigenvalue weighted by molar-refractivity contribution is -0.135. The zero-order valence-corrected chi connectivity index (χ0v) is 9.69. The first-order chi connectivity index (χ1) is 7.69. The van der Waals surface area contributed by atoms with Gasteiger partial charge in [-0.1, -0.05) is 5.92 Å². The van der Waals surface area contributed by atoms with E-state index in [0.717, 1.165) is 13.1 Å². The van der Waals surface area contributed by atoms with Crippen LogP contribution in [0.2, 0.25) is 0 Å². The van der Waals surface area contributed by atoms with Crippen LogP contribution >= 0.6 is 0 Å². The molecule has 1 atom stereocenters. The van der Waals surface area contributed by atoms with E-state index in [-0.39, 0.29) is 12.5 Å². The van der Waals surface area contributed by atoms with E-state index in [0.29, 0.717) is 19.6 Å². The van der Waals surface area contributed by atoms with Crippen LogP contribution in [0.1, 0.15) is 0 Å². The second-order valence-electron chi connectivity index (χ2n) is 3.87. The molecule has 16 heavy (non-hydrogen) atoms. The molecule has 0 aromatic rings. The number of amides is 1. The van der Waals surface area contributed by atoms with Gasteiger partial charge in [-0.05, 0) is 0 Å². The molecule has 0 radical (unpaired) electrons. The number of hydrogen-bond donors (Lipinski definition) is 1. The monoisotopic (exact) mass is 225 g/mol. The van der Waals surface area contributed by atoms with Gasteiger partial charge in [0.2, 0.25) is 5.91 Å². The maximum absolute atomic E-state index is 11.8. The highest BCUT2D eigenvalue weighted by Gasteiger charge is 2.24. The van der Waals surface area contributed by atoms with Crippen LogP contribution in [0.3, 0.4) is 0 Å². The first kappa shape index (κ1) is 13.0. The predicted octanol–water partition coefficient (Wildman–Crippen LogP) is -1.26. The van der Waals surface area contributed by atoms with E-state index >= 15 is 0 Å². The molecule has 1 fully saturated rings. The second-order valence-corrected chi connectivity index (χ2v) is 3.87. The molecule has 2 N–H and O–H groups in total. The number of nitrogens with two attached hydrogens (primary N) is 1. The molecule has 5 nitrogen and oxygen atoms in total. The summed E-state index contributed by atoms with van der Waals surface area (Å²) in [5.74, 6) is 2.56. The average Bonchev–Trinajstić information content (AvgIpc) is 2.30. The molecule has 0 aromatic carbocycles. The van der Waals surface area contributed by atoms with Gasteiger partial charge in [0.05, 0.1) is 13.2 Å². The highest BCUT2D eigenvalue weighted by molar-refractivity contribution is 5.81. The van der Waals surface area contributed by atoms with Crippen LogP contribution in [0.15, 0.2) is 0 Å². The molecule has 0 spiro atoms. The third-order valence-electron chi connectivity index (χ3n) is 2.66. The molecule has 1 heterocycles. The summed E-state index contributed by atoms with van der Waals surface area (Å²) >= 11 is 0. The van der Waals surface area contributed by atoms with Gasteiger partial charge >= 0.3 is 0 Å². The molecule has 1 aliphatic heterocycles. The number of piperazine rings is 1. The normalized spacial score (nSPS) is 19.2. The molecule has 1 aliphatic rings. The minimum atomic E-state index is -0.552. The molecule has 5 heteroatoms. The molecule has 1 saturated heterocycles. The van der Waals surface area contributed by atoms with Gasteiger partial charge in [-0.15, -0.1) is 6.42 Å². The Morgan fingerprint density at radius 1 is 1.50 bits per heavy atom. The summed E-state index contributed by atoms with van der Waals surface area (Å²) in [7, 11) is 1.54. The Morgan fingerprint density at radius 2 is 2.12 bits per heavy atom. The summed E-state index contributed by atoms with van der Waals surface area (Å²) in [6, 6.07) is -0.552. The second kappa shape index (κ2) is 6.48. The van der Waals surface area contributed by atoms with Crippen molar-refractivity contribution in [1.29, 1.82) is 0 Å². The van der Waals surface area contributed by atoms with Crippen molar-refractivity contribution in [3.63, 3.8) is 0 Å². The Bertz CT molecular complexity index is 267. The van der Waals surface area contributed by atoms with E-state index in [1.807, 2.05) is 0 Å². The Morgan fingerprint density at radius 3 is 2.62 bits per heavy atom. The Kier molecular flexibility index (Phi) is 5.26. The van der Waals surface area contributed by atoms with Crippen LogP contribution in [-0.4, -0.2) is 68.2 Å². The van der Waals surface area contributed by atoms with Gasteiger partial charge in [0.15, 0.2) is 0 Å². The van der Waals surface area contributed by atoms with Gasteiger partial charge in [-0.3, -0.25) is 9.69 Å². The Balaban J connectivity index is 2.36. The first-order valence-electron chi connectivity index (χ1n) is 5.38. The number of ether oxygens (including phenoxy) is 1. The fourth-order valence-corrected chi connectivity index (χ4v) is 1.74. The molecule has 0 aromatic heterocycles. The third kappa shape index (κ3) is 3.49. The van der Waals surface area contributed by atoms with E-state index in [2.05, 4.69) is 10.8 Å². The lowest BCUT2D eigenvalue weighted by Gasteiger charge is -2.34. The van der Waals surface area contributed by atoms with E-state index in [9.17, 15) is 4.79 Å². The van der Waals surface area contributed by atoms with Crippen molar-refractivity contribution < 1.29 is 9.53 Å². The SMILES string of the molecule is C#CCN1CCN(C(=O)C(N)COC)CC1. The van der Waals surface area contributed by atoms with E-state index in [4.69, 9.17) is 16.9 Å². The fraction of sp³-hybridized carbons (Fsp3) is 0.727. The van der Waals surface area contributed by atoms with Crippen LogP contribution in [0, 0.1) is 12.3 Å². The minimum absolute atomic E-state index is 0.0396. The molecule has 1 unspecified atom stereocenters. The topological polar surface area (TPSA) is 58.8 Å². The highest BCUT2D eigenvalue weighted by Crippen LogP contribution is 2.03. The van der Waals surface area contributed by atoms with Gasteiger partial charge in [0.25, 0.3) is 0 Å². The smallest absolute Gasteiger partial charge is 0.241 e. The summed E-state index contributed by atoms with van der Waals surface area (Å²) in [6.45, 7) is 3.93. The Labute approximate surface area is 96.5 Å². The zero-order chi connectivity index (χ0) is 12.0. The van der Waals surface area contributed by atoms with Crippen LogP contribution < -0.4 is 5.73 Å². The van der Waals surface area contributed by atoms with Gasteiger partial charge in [-0.25, -0.2) is 0 Å². The summed E-state index contributed by atoms with van der Waals surface area (Å²) in [6.07, 6.45) is 5.23. The summed E-state index contributed by atoms with van der Waals surface area (Å²) in [5.41, 5.74) is 5.69. The zero-order valence-electron chi connectivity index (χ0n) is 9.69. The van der Waals surface area contributed by atoms with E-state index < -0.39 is 6.04 Å². The molecular formula is C11H19N3O2. The summed E-state index contributed by atoms with van der Waals surface area (Å²) in [5, 5.41) is 0. The van der Waals surface area contributed by atoms with Crippen molar-refractivity contribution in [2.24, 2.45) is 5.73 Å². The summed E-state index contributed by atoms with van der Waals surface area (Å²) < 4.78 is 4.87. The maximum atomic E-state index is 11.8. The largest absolute Gasteiger partial charge is 0.383 e. The van der Waals surface area contributed by atoms with Gasteiger partial charge < -0.3 is 15.4 Å². The number of methoxy groups -OCH3 is 1. The number of rotatable bonds is 4. The third-order valence-corrected chi connectivity index (χ3v) is 2.66. The van der Waals surface area contributed by atoms with Crippen molar-refractivity contribution in [2.45, 2.75) is 6.04 Å². The number of terminal acetylenes is 1. The standard InChI is InChI=1S/C11H19N3O2/c1-3-4-13-5-7-14(8-6-13)11(15)10(12)9-16-2/h1,10H,4-9,12H2,2H3. The number of hydrogen-bond acceptors (Lipinski definition) is 4. The maximum Gasteiger partial charge on any atom is 0.241 e. The lowest BCUT2D eigenvalue weighted by Crippen LogP contribution is -2.54. The van der Waals surface area contributed by atoms with Crippen molar-refractivity contribution in [3.8, 4) is 12.3 Å². The van der Waals surface area contributed by atoms with Crippen molar-refractivity contribution in [2.75, 3.05) is 46.4 Å². The van der Waals surface area contributed by atoms with Crippen LogP contribution in [0.4, 0.5) is 0 Å². The van der Waals surface area contributed by atoms with Crippen molar-refractivity contribution in [3.05, 3.63) is 0 Å². The van der Waals surface area contributed by atoms with E-state index in [1.165, 1.54) is 7.11 Å². The average molecular weight is 225 g/mol. The fourth-order valence-electron chi connectivity index (χ4n) is 1.74. The van der Waals surface area contributed by atoms with Crippen LogP contribution in [0.5, 0.6) is 0 Å².